The summed E-state index contributed by atoms with van der Waals surface area (Å²) in [5, 5.41) is 0.892. The Labute approximate surface area is 156 Å². The van der Waals surface area contributed by atoms with Gasteiger partial charge in [-0.15, -0.1) is 11.3 Å². The quantitative estimate of drug-likeness (QED) is 0.585. The van der Waals surface area contributed by atoms with Gasteiger partial charge in [0.05, 0.1) is 8.07 Å². The second kappa shape index (κ2) is 7.73. The van der Waals surface area contributed by atoms with Gasteiger partial charge in [0, 0.05) is 29.5 Å². The van der Waals surface area contributed by atoms with Crippen molar-refractivity contribution in [3.63, 3.8) is 0 Å². The van der Waals surface area contributed by atoms with Gasteiger partial charge in [0.25, 0.3) is 0 Å². The van der Waals surface area contributed by atoms with E-state index in [1.54, 1.807) is 14.9 Å². The summed E-state index contributed by atoms with van der Waals surface area (Å²) in [6, 6.07) is 15.0. The lowest BCUT2D eigenvalue weighted by molar-refractivity contribution is 0.247. The third-order valence-electron chi connectivity index (χ3n) is 5.85. The van der Waals surface area contributed by atoms with Crippen molar-refractivity contribution in [3.8, 4) is 0 Å². The topological polar surface area (TPSA) is 3.24 Å². The fraction of sp³-hybridized carbons (Fsp3) is 0.500. The molecule has 0 saturated heterocycles. The van der Waals surface area contributed by atoms with Gasteiger partial charge in [-0.25, -0.2) is 0 Å². The number of hydrogen-bond acceptors (Lipinski definition) is 2. The van der Waals surface area contributed by atoms with E-state index in [0.29, 0.717) is 0 Å². The number of rotatable bonds is 6. The Morgan fingerprint density at radius 2 is 1.83 bits per heavy atom. The molecule has 0 radical (unpaired) electrons. The zero-order valence-corrected chi connectivity index (χ0v) is 17.6. The Morgan fingerprint density at radius 1 is 1.12 bits per heavy atom. The number of benzene rings is 1. The van der Waals surface area contributed by atoms with Crippen LogP contribution in [0.5, 0.6) is 0 Å². The summed E-state index contributed by atoms with van der Waals surface area (Å²) in [6.07, 6.45) is 1.20. The van der Waals surface area contributed by atoms with Crippen molar-refractivity contribution >= 4 is 35.5 Å². The van der Waals surface area contributed by atoms with Crippen LogP contribution in [0.2, 0.25) is 23.2 Å². The Balaban J connectivity index is 1.78. The number of fused-ring (bicyclic) bond motifs is 1. The highest BCUT2D eigenvalue weighted by Crippen LogP contribution is 2.30. The molecule has 2 heterocycles. The van der Waals surface area contributed by atoms with Crippen LogP contribution in [0.1, 0.15) is 36.8 Å². The van der Waals surface area contributed by atoms with Crippen LogP contribution < -0.4 is 4.50 Å². The summed E-state index contributed by atoms with van der Waals surface area (Å²) in [5.74, 6) is 0. The third-order valence-corrected chi connectivity index (χ3v) is 14.1. The first-order chi connectivity index (χ1) is 11.6. The first kappa shape index (κ1) is 18.2. The minimum absolute atomic E-state index is 0.892. The molecular formula is C20H28ClNSSi. The molecule has 0 aliphatic carbocycles. The molecule has 1 aliphatic rings. The molecule has 2 aromatic rings. The number of hydrogen-bond donors (Lipinski definition) is 0. The van der Waals surface area contributed by atoms with Crippen LogP contribution in [0, 0.1) is 0 Å². The van der Waals surface area contributed by atoms with E-state index >= 15 is 0 Å². The molecule has 24 heavy (non-hydrogen) atoms. The van der Waals surface area contributed by atoms with Crippen molar-refractivity contribution < 1.29 is 0 Å². The maximum absolute atomic E-state index is 6.34. The zero-order chi connectivity index (χ0) is 17.2. The van der Waals surface area contributed by atoms with Gasteiger partial charge in [0.15, 0.2) is 0 Å². The van der Waals surface area contributed by atoms with Crippen molar-refractivity contribution in [1.29, 1.82) is 0 Å². The van der Waals surface area contributed by atoms with E-state index in [1.165, 1.54) is 30.1 Å². The van der Waals surface area contributed by atoms with Gasteiger partial charge in [-0.1, -0.05) is 68.7 Å². The van der Waals surface area contributed by atoms with E-state index in [4.69, 9.17) is 11.6 Å². The summed E-state index contributed by atoms with van der Waals surface area (Å²) in [7, 11) is -1.24. The van der Waals surface area contributed by atoms with Gasteiger partial charge in [-0.05, 0) is 34.2 Å². The molecule has 3 rings (SSSR count). The molecular weight excluding hydrogens is 350 g/mol. The Bertz CT molecular complexity index is 684. The largest absolute Gasteiger partial charge is 0.294 e. The average Bonchev–Trinajstić information content (AvgIpc) is 3.03. The molecule has 0 amide bonds. The summed E-state index contributed by atoms with van der Waals surface area (Å²) >= 11 is 8.48. The number of thiophene rings is 1. The van der Waals surface area contributed by atoms with Gasteiger partial charge in [0.1, 0.15) is 0 Å². The minimum Gasteiger partial charge on any atom is -0.294 e. The number of halogens is 1. The predicted octanol–water partition coefficient (Wildman–Crippen LogP) is 5.68. The molecule has 1 aromatic heterocycles. The first-order valence-electron chi connectivity index (χ1n) is 9.19. The van der Waals surface area contributed by atoms with Crippen LogP contribution in [0.4, 0.5) is 0 Å². The lowest BCUT2D eigenvalue weighted by Gasteiger charge is -2.27. The SMILES string of the molecule is CC[Si](CC)(CC)c1cc2c(s1)CCN(Cc1ccccc1Cl)C2. The Kier molecular flexibility index (Phi) is 5.86. The molecule has 130 valence electrons. The van der Waals surface area contributed by atoms with Gasteiger partial charge in [-0.3, -0.25) is 4.90 Å². The fourth-order valence-corrected chi connectivity index (χ4v) is 10.6. The number of nitrogens with zero attached hydrogens (tertiary/aromatic N) is 1. The van der Waals surface area contributed by atoms with E-state index < -0.39 is 8.07 Å². The standard InChI is InChI=1S/C20H28ClNSSi/c1-4-24(5-2,6-3)20-13-17-15-22(12-11-19(17)23-20)14-16-9-7-8-10-18(16)21/h7-10,13H,4-6,11-12,14-15H2,1-3H3. The van der Waals surface area contributed by atoms with Gasteiger partial charge >= 0.3 is 0 Å². The van der Waals surface area contributed by atoms with Crippen molar-refractivity contribution in [1.82, 2.24) is 4.90 Å². The lowest BCUT2D eigenvalue weighted by atomic mass is 10.1. The summed E-state index contributed by atoms with van der Waals surface area (Å²) in [4.78, 5) is 4.19. The zero-order valence-electron chi connectivity index (χ0n) is 15.1. The first-order valence-corrected chi connectivity index (χ1v) is 13.0. The van der Waals surface area contributed by atoms with Crippen LogP contribution in [-0.2, 0) is 19.5 Å². The second-order valence-corrected chi connectivity index (χ2v) is 14.1. The van der Waals surface area contributed by atoms with E-state index in [2.05, 4.69) is 55.2 Å². The lowest BCUT2D eigenvalue weighted by Crippen LogP contribution is -2.43. The van der Waals surface area contributed by atoms with Crippen molar-refractivity contribution in [2.45, 2.75) is 58.4 Å². The molecule has 0 N–H and O–H groups in total. The molecule has 0 fully saturated rings. The van der Waals surface area contributed by atoms with Crippen molar-refractivity contribution in [3.05, 3.63) is 51.4 Å². The Morgan fingerprint density at radius 3 is 2.50 bits per heavy atom. The maximum Gasteiger partial charge on any atom is 0.0987 e. The minimum atomic E-state index is -1.24. The second-order valence-electron chi connectivity index (χ2n) is 6.95. The van der Waals surface area contributed by atoms with Gasteiger partial charge in [0.2, 0.25) is 0 Å². The molecule has 0 spiro atoms. The van der Waals surface area contributed by atoms with E-state index in [1.807, 2.05) is 12.1 Å². The highest BCUT2D eigenvalue weighted by Gasteiger charge is 2.32. The monoisotopic (exact) mass is 377 g/mol. The molecule has 1 aromatic carbocycles. The van der Waals surface area contributed by atoms with E-state index in [-0.39, 0.29) is 0 Å². The summed E-state index contributed by atoms with van der Waals surface area (Å²) in [6.45, 7) is 10.4. The van der Waals surface area contributed by atoms with E-state index in [9.17, 15) is 0 Å². The van der Waals surface area contributed by atoms with Crippen molar-refractivity contribution in [2.24, 2.45) is 0 Å². The summed E-state index contributed by atoms with van der Waals surface area (Å²) < 4.78 is 1.75. The molecule has 1 aliphatic heterocycles. The van der Waals surface area contributed by atoms with Crippen LogP contribution in [-0.4, -0.2) is 19.5 Å². The van der Waals surface area contributed by atoms with Crippen LogP contribution >= 0.6 is 22.9 Å². The van der Waals surface area contributed by atoms with Crippen LogP contribution in [0.15, 0.2) is 30.3 Å². The van der Waals surface area contributed by atoms with E-state index in [0.717, 1.165) is 24.7 Å². The van der Waals surface area contributed by atoms with Crippen LogP contribution in [0.25, 0.3) is 0 Å². The van der Waals surface area contributed by atoms with Crippen LogP contribution in [0.3, 0.4) is 0 Å². The molecule has 0 unspecified atom stereocenters. The summed E-state index contributed by atoms with van der Waals surface area (Å²) in [5.41, 5.74) is 2.83. The molecule has 0 atom stereocenters. The predicted molar refractivity (Wildman–Crippen MR) is 110 cm³/mol. The molecule has 0 saturated carbocycles. The normalized spacial score (nSPS) is 15.5. The van der Waals surface area contributed by atoms with Gasteiger partial charge < -0.3 is 0 Å². The smallest absolute Gasteiger partial charge is 0.0987 e. The highest BCUT2D eigenvalue weighted by atomic mass is 35.5. The van der Waals surface area contributed by atoms with Gasteiger partial charge in [-0.2, -0.15) is 0 Å². The fourth-order valence-electron chi connectivity index (χ4n) is 3.93. The Hall–Kier alpha value is -0.613. The maximum atomic E-state index is 6.34. The highest BCUT2D eigenvalue weighted by molar-refractivity contribution is 7.27. The third kappa shape index (κ3) is 3.50. The average molecular weight is 378 g/mol. The van der Waals surface area contributed by atoms with Crippen molar-refractivity contribution in [2.75, 3.05) is 6.54 Å². The molecule has 0 bridgehead atoms. The molecule has 4 heteroatoms. The molecule has 1 nitrogen and oxygen atoms in total.